The van der Waals surface area contributed by atoms with Crippen LogP contribution in [0.1, 0.15) is 33.5 Å². The average molecular weight is 384 g/mol. The van der Waals surface area contributed by atoms with E-state index in [1.165, 1.54) is 16.7 Å². The van der Waals surface area contributed by atoms with Gasteiger partial charge in [-0.25, -0.2) is 4.68 Å². The van der Waals surface area contributed by atoms with E-state index in [0.717, 1.165) is 23.9 Å². The smallest absolute Gasteiger partial charge is 0.251 e. The molecule has 4 aromatic rings. The number of fused-ring (bicyclic) bond motifs is 1. The van der Waals surface area contributed by atoms with E-state index in [2.05, 4.69) is 46.8 Å². The van der Waals surface area contributed by atoms with E-state index in [9.17, 15) is 4.79 Å². The summed E-state index contributed by atoms with van der Waals surface area (Å²) in [5, 5.41) is 11.5. The Morgan fingerprint density at radius 3 is 2.62 bits per heavy atom. The third kappa shape index (κ3) is 4.51. The molecule has 1 amide bonds. The molecular weight excluding hydrogens is 360 g/mol. The molecule has 0 aliphatic carbocycles. The Balaban J connectivity index is 1.38. The lowest BCUT2D eigenvalue weighted by Gasteiger charge is -2.07. The monoisotopic (exact) mass is 384 g/mol. The van der Waals surface area contributed by atoms with Crippen molar-refractivity contribution in [2.45, 2.75) is 26.3 Å². The molecule has 5 heteroatoms. The molecule has 0 aliphatic heterocycles. The maximum absolute atomic E-state index is 12.5. The summed E-state index contributed by atoms with van der Waals surface area (Å²) in [5.41, 5.74) is 5.99. The molecular formula is C24H24N4O. The molecule has 1 aromatic heterocycles. The van der Waals surface area contributed by atoms with Crippen LogP contribution < -0.4 is 5.32 Å². The average Bonchev–Trinajstić information content (AvgIpc) is 3.15. The quantitative estimate of drug-likeness (QED) is 0.487. The number of benzene rings is 3. The highest BCUT2D eigenvalue weighted by atomic mass is 16.1. The fourth-order valence-electron chi connectivity index (χ4n) is 3.42. The summed E-state index contributed by atoms with van der Waals surface area (Å²) in [6, 6.07) is 24.1. The first-order chi connectivity index (χ1) is 14.2. The van der Waals surface area contributed by atoms with Crippen LogP contribution in [-0.4, -0.2) is 27.4 Å². The Morgan fingerprint density at radius 2 is 1.79 bits per heavy atom. The van der Waals surface area contributed by atoms with Crippen LogP contribution in [0.3, 0.4) is 0 Å². The van der Waals surface area contributed by atoms with Gasteiger partial charge < -0.3 is 5.32 Å². The first kappa shape index (κ1) is 18.9. The van der Waals surface area contributed by atoms with E-state index in [-0.39, 0.29) is 5.91 Å². The van der Waals surface area contributed by atoms with E-state index in [4.69, 9.17) is 0 Å². The molecule has 0 saturated heterocycles. The Morgan fingerprint density at radius 1 is 1.00 bits per heavy atom. The van der Waals surface area contributed by atoms with Gasteiger partial charge in [0.15, 0.2) is 0 Å². The molecule has 0 saturated carbocycles. The van der Waals surface area contributed by atoms with Crippen molar-refractivity contribution >= 4 is 16.9 Å². The molecule has 0 aliphatic rings. The van der Waals surface area contributed by atoms with Gasteiger partial charge in [-0.2, -0.15) is 0 Å². The SMILES string of the molecule is Cc1ccccc1Cn1nnc2cc(C(=O)NCCCc3ccccc3)ccc21. The zero-order valence-corrected chi connectivity index (χ0v) is 16.5. The molecule has 0 fully saturated rings. The van der Waals surface area contributed by atoms with E-state index in [0.29, 0.717) is 18.7 Å². The molecule has 1 heterocycles. The van der Waals surface area contributed by atoms with E-state index < -0.39 is 0 Å². The van der Waals surface area contributed by atoms with Crippen LogP contribution >= 0.6 is 0 Å². The zero-order chi connectivity index (χ0) is 20.1. The number of rotatable bonds is 7. The molecule has 5 nitrogen and oxygen atoms in total. The van der Waals surface area contributed by atoms with Crippen LogP contribution in [0.15, 0.2) is 72.8 Å². The minimum atomic E-state index is -0.0755. The largest absolute Gasteiger partial charge is 0.352 e. The van der Waals surface area contributed by atoms with Gasteiger partial charge in [0.25, 0.3) is 5.91 Å². The Hall–Kier alpha value is -3.47. The van der Waals surface area contributed by atoms with Crippen molar-refractivity contribution < 1.29 is 4.79 Å². The van der Waals surface area contributed by atoms with Crippen LogP contribution in [0.4, 0.5) is 0 Å². The van der Waals surface area contributed by atoms with Crippen molar-refractivity contribution in [3.8, 4) is 0 Å². The lowest BCUT2D eigenvalue weighted by Crippen LogP contribution is -2.24. The predicted molar refractivity (Wildman–Crippen MR) is 115 cm³/mol. The standard InChI is InChI=1S/C24H24N4O/c1-18-8-5-6-12-21(18)17-28-23-14-13-20(16-22(23)26-27-28)24(29)25-15-7-11-19-9-3-2-4-10-19/h2-6,8-10,12-14,16H,7,11,15,17H2,1H3,(H,25,29). The number of aryl methyl sites for hydroxylation is 2. The molecule has 29 heavy (non-hydrogen) atoms. The number of nitrogens with zero attached hydrogens (tertiary/aromatic N) is 3. The van der Waals surface area contributed by atoms with Crippen molar-refractivity contribution in [2.24, 2.45) is 0 Å². The van der Waals surface area contributed by atoms with Gasteiger partial charge in [-0.15, -0.1) is 5.10 Å². The summed E-state index contributed by atoms with van der Waals surface area (Å²) in [6.07, 6.45) is 1.86. The minimum Gasteiger partial charge on any atom is -0.352 e. The zero-order valence-electron chi connectivity index (χ0n) is 16.5. The van der Waals surface area contributed by atoms with Crippen LogP contribution in [0.5, 0.6) is 0 Å². The van der Waals surface area contributed by atoms with Gasteiger partial charge in [-0.1, -0.05) is 59.8 Å². The van der Waals surface area contributed by atoms with Gasteiger partial charge in [0.2, 0.25) is 0 Å². The molecule has 146 valence electrons. The highest BCUT2D eigenvalue weighted by Gasteiger charge is 2.11. The summed E-state index contributed by atoms with van der Waals surface area (Å²) in [4.78, 5) is 12.5. The minimum absolute atomic E-state index is 0.0755. The molecule has 0 radical (unpaired) electrons. The summed E-state index contributed by atoms with van der Waals surface area (Å²) in [7, 11) is 0. The highest BCUT2D eigenvalue weighted by Crippen LogP contribution is 2.16. The number of nitrogens with one attached hydrogen (secondary N) is 1. The lowest BCUT2D eigenvalue weighted by molar-refractivity contribution is 0.0953. The molecule has 0 atom stereocenters. The summed E-state index contributed by atoms with van der Waals surface area (Å²) < 4.78 is 1.87. The van der Waals surface area contributed by atoms with Gasteiger partial charge in [0.1, 0.15) is 5.52 Å². The van der Waals surface area contributed by atoms with E-state index >= 15 is 0 Å². The van der Waals surface area contributed by atoms with Crippen molar-refractivity contribution in [3.05, 3.63) is 95.1 Å². The van der Waals surface area contributed by atoms with Crippen LogP contribution in [0.25, 0.3) is 11.0 Å². The fraction of sp³-hybridized carbons (Fsp3) is 0.208. The Kier molecular flexibility index (Phi) is 5.66. The molecule has 3 aromatic carbocycles. The fourth-order valence-corrected chi connectivity index (χ4v) is 3.42. The normalized spacial score (nSPS) is 10.9. The third-order valence-corrected chi connectivity index (χ3v) is 5.13. The van der Waals surface area contributed by atoms with Crippen molar-refractivity contribution in [1.29, 1.82) is 0 Å². The van der Waals surface area contributed by atoms with Crippen LogP contribution in [0, 0.1) is 6.92 Å². The first-order valence-corrected chi connectivity index (χ1v) is 9.90. The van der Waals surface area contributed by atoms with E-state index in [1.54, 1.807) is 0 Å². The predicted octanol–water partition coefficient (Wildman–Crippen LogP) is 4.15. The number of hydrogen-bond acceptors (Lipinski definition) is 3. The first-order valence-electron chi connectivity index (χ1n) is 9.90. The lowest BCUT2D eigenvalue weighted by atomic mass is 10.1. The van der Waals surface area contributed by atoms with Gasteiger partial charge in [0, 0.05) is 12.1 Å². The molecule has 0 unspecified atom stereocenters. The second-order valence-corrected chi connectivity index (χ2v) is 7.22. The second kappa shape index (κ2) is 8.69. The third-order valence-electron chi connectivity index (χ3n) is 5.13. The Bertz CT molecular complexity index is 1120. The molecule has 4 rings (SSSR count). The topological polar surface area (TPSA) is 59.8 Å². The summed E-state index contributed by atoms with van der Waals surface area (Å²) >= 11 is 0. The summed E-state index contributed by atoms with van der Waals surface area (Å²) in [5.74, 6) is -0.0755. The van der Waals surface area contributed by atoms with Gasteiger partial charge >= 0.3 is 0 Å². The maximum Gasteiger partial charge on any atom is 0.251 e. The van der Waals surface area contributed by atoms with Gasteiger partial charge in [-0.05, 0) is 54.7 Å². The molecule has 0 bridgehead atoms. The van der Waals surface area contributed by atoms with Crippen LogP contribution in [-0.2, 0) is 13.0 Å². The number of hydrogen-bond donors (Lipinski definition) is 1. The number of carbonyl (C=O) groups is 1. The van der Waals surface area contributed by atoms with Crippen molar-refractivity contribution in [1.82, 2.24) is 20.3 Å². The van der Waals surface area contributed by atoms with Crippen LogP contribution in [0.2, 0.25) is 0 Å². The second-order valence-electron chi connectivity index (χ2n) is 7.22. The van der Waals surface area contributed by atoms with Gasteiger partial charge in [0.05, 0.1) is 12.1 Å². The summed E-state index contributed by atoms with van der Waals surface area (Å²) in [6.45, 7) is 3.40. The van der Waals surface area contributed by atoms with E-state index in [1.807, 2.05) is 53.2 Å². The molecule has 0 spiro atoms. The van der Waals surface area contributed by atoms with Crippen molar-refractivity contribution in [2.75, 3.05) is 6.54 Å². The number of aromatic nitrogens is 3. The Labute approximate surface area is 170 Å². The molecule has 1 N–H and O–H groups in total. The maximum atomic E-state index is 12.5. The van der Waals surface area contributed by atoms with Gasteiger partial charge in [-0.3, -0.25) is 4.79 Å². The number of carbonyl (C=O) groups excluding carboxylic acids is 1. The van der Waals surface area contributed by atoms with Crippen molar-refractivity contribution in [3.63, 3.8) is 0 Å². The highest BCUT2D eigenvalue weighted by molar-refractivity contribution is 5.97. The number of amides is 1.